The second kappa shape index (κ2) is 6.40. The van der Waals surface area contributed by atoms with E-state index in [2.05, 4.69) is 15.0 Å². The molecule has 1 aliphatic heterocycles. The van der Waals surface area contributed by atoms with E-state index in [0.717, 1.165) is 16.9 Å². The molecule has 0 saturated carbocycles. The Bertz CT molecular complexity index is 957. The lowest BCUT2D eigenvalue weighted by molar-refractivity contribution is -0.149. The van der Waals surface area contributed by atoms with E-state index in [1.54, 1.807) is 24.4 Å². The van der Waals surface area contributed by atoms with Crippen LogP contribution in [0.2, 0.25) is 0 Å². The average Bonchev–Trinajstić information content (AvgIpc) is 3.12. The molecule has 0 radical (unpaired) electrons. The first kappa shape index (κ1) is 16.5. The Morgan fingerprint density at radius 3 is 2.96 bits per heavy atom. The lowest BCUT2D eigenvalue weighted by atomic mass is 9.75. The number of aromatic amines is 1. The van der Waals surface area contributed by atoms with Crippen molar-refractivity contribution in [2.75, 3.05) is 18.0 Å². The summed E-state index contributed by atoms with van der Waals surface area (Å²) in [6, 6.07) is 8.27. The highest BCUT2D eigenvalue weighted by Gasteiger charge is 2.43. The van der Waals surface area contributed by atoms with E-state index < -0.39 is 11.4 Å². The number of fused-ring (bicyclic) bond motifs is 1. The number of aromatic nitrogens is 3. The van der Waals surface area contributed by atoms with Crippen LogP contribution in [0.4, 0.5) is 10.2 Å². The molecule has 26 heavy (non-hydrogen) atoms. The molecule has 3 heterocycles. The molecular formula is C19H19FN4O2. The second-order valence-corrected chi connectivity index (χ2v) is 6.82. The van der Waals surface area contributed by atoms with Gasteiger partial charge in [-0.2, -0.15) is 0 Å². The van der Waals surface area contributed by atoms with Crippen molar-refractivity contribution >= 4 is 22.8 Å². The van der Waals surface area contributed by atoms with Crippen LogP contribution >= 0.6 is 0 Å². The van der Waals surface area contributed by atoms with E-state index in [1.165, 1.54) is 12.4 Å². The Labute approximate surface area is 149 Å². The maximum Gasteiger partial charge on any atom is 0.311 e. The summed E-state index contributed by atoms with van der Waals surface area (Å²) < 4.78 is 14.1. The maximum absolute atomic E-state index is 14.1. The van der Waals surface area contributed by atoms with Crippen LogP contribution in [0.5, 0.6) is 0 Å². The fraction of sp³-hybridized carbons (Fsp3) is 0.316. The molecule has 0 amide bonds. The number of carbonyl (C=O) groups is 1. The van der Waals surface area contributed by atoms with Crippen molar-refractivity contribution in [1.82, 2.24) is 15.0 Å². The Hall–Kier alpha value is -2.96. The predicted molar refractivity (Wildman–Crippen MR) is 95.5 cm³/mol. The van der Waals surface area contributed by atoms with Gasteiger partial charge in [-0.25, -0.2) is 14.4 Å². The van der Waals surface area contributed by atoms with Crippen molar-refractivity contribution < 1.29 is 14.3 Å². The Morgan fingerprint density at radius 1 is 1.31 bits per heavy atom. The summed E-state index contributed by atoms with van der Waals surface area (Å²) in [7, 11) is 0. The van der Waals surface area contributed by atoms with Crippen molar-refractivity contribution in [2.45, 2.75) is 19.3 Å². The number of H-pyrrole nitrogens is 1. The van der Waals surface area contributed by atoms with E-state index >= 15 is 0 Å². The summed E-state index contributed by atoms with van der Waals surface area (Å²) in [6.07, 6.45) is 4.64. The minimum atomic E-state index is -1.05. The molecule has 0 unspecified atom stereocenters. The zero-order chi connectivity index (χ0) is 18.1. The van der Waals surface area contributed by atoms with Gasteiger partial charge in [0.25, 0.3) is 0 Å². The zero-order valence-corrected chi connectivity index (χ0v) is 14.2. The van der Waals surface area contributed by atoms with Gasteiger partial charge in [0.1, 0.15) is 23.6 Å². The van der Waals surface area contributed by atoms with Crippen LogP contribution in [0.1, 0.15) is 18.4 Å². The molecule has 1 aliphatic rings. The molecule has 2 N–H and O–H groups in total. The molecular weight excluding hydrogens is 335 g/mol. The first-order valence-corrected chi connectivity index (χ1v) is 8.59. The van der Waals surface area contributed by atoms with Crippen LogP contribution in [0.25, 0.3) is 11.0 Å². The molecule has 134 valence electrons. The smallest absolute Gasteiger partial charge is 0.311 e. The van der Waals surface area contributed by atoms with Gasteiger partial charge in [-0.1, -0.05) is 18.2 Å². The SMILES string of the molecule is O=C(O)[C@]1(Cc2ccccc2F)CCCN(c2ncnc3[nH]ccc23)C1. The van der Waals surface area contributed by atoms with Crippen molar-refractivity contribution in [3.63, 3.8) is 0 Å². The van der Waals surface area contributed by atoms with Crippen molar-refractivity contribution in [3.8, 4) is 0 Å². The monoisotopic (exact) mass is 354 g/mol. The predicted octanol–water partition coefficient (Wildman–Crippen LogP) is 3.01. The highest BCUT2D eigenvalue weighted by atomic mass is 19.1. The minimum Gasteiger partial charge on any atom is -0.481 e. The van der Waals surface area contributed by atoms with E-state index in [9.17, 15) is 14.3 Å². The average molecular weight is 354 g/mol. The molecule has 0 aliphatic carbocycles. The number of halogens is 1. The van der Waals surface area contributed by atoms with Crippen LogP contribution < -0.4 is 4.90 Å². The molecule has 1 fully saturated rings. The third-order valence-electron chi connectivity index (χ3n) is 5.15. The van der Waals surface area contributed by atoms with Gasteiger partial charge in [-0.15, -0.1) is 0 Å². The lowest BCUT2D eigenvalue weighted by Gasteiger charge is -2.40. The number of rotatable bonds is 4. The summed E-state index contributed by atoms with van der Waals surface area (Å²) in [5.41, 5.74) is 0.107. The topological polar surface area (TPSA) is 82.1 Å². The third kappa shape index (κ3) is 2.79. The number of hydrogen-bond donors (Lipinski definition) is 2. The summed E-state index contributed by atoms with van der Waals surface area (Å²) in [6.45, 7) is 0.998. The van der Waals surface area contributed by atoms with Crippen LogP contribution in [-0.2, 0) is 11.2 Å². The largest absolute Gasteiger partial charge is 0.481 e. The van der Waals surface area contributed by atoms with E-state index in [4.69, 9.17) is 0 Å². The van der Waals surface area contributed by atoms with Crippen molar-refractivity contribution in [1.29, 1.82) is 0 Å². The van der Waals surface area contributed by atoms with Gasteiger partial charge < -0.3 is 15.0 Å². The summed E-state index contributed by atoms with van der Waals surface area (Å²) in [4.78, 5) is 25.8. The van der Waals surface area contributed by atoms with Gasteiger partial charge in [0.15, 0.2) is 0 Å². The molecule has 0 bridgehead atoms. The molecule has 1 atom stereocenters. The van der Waals surface area contributed by atoms with Gasteiger partial charge >= 0.3 is 5.97 Å². The second-order valence-electron chi connectivity index (χ2n) is 6.82. The number of piperidine rings is 1. The number of aliphatic carboxylic acids is 1. The lowest BCUT2D eigenvalue weighted by Crippen LogP contribution is -2.49. The van der Waals surface area contributed by atoms with E-state index in [1.807, 2.05) is 11.0 Å². The molecule has 2 aromatic heterocycles. The molecule has 1 aromatic carbocycles. The summed E-state index contributed by atoms with van der Waals surface area (Å²) in [5.74, 6) is -0.541. The molecule has 6 nitrogen and oxygen atoms in total. The standard InChI is InChI=1S/C19H19FN4O2/c20-15-5-2-1-4-13(15)10-19(18(25)26)7-3-9-24(11-19)17-14-6-8-21-16(14)22-12-23-17/h1-2,4-6,8,12H,3,7,9-11H2,(H,25,26)(H,21,22,23)/t19-/m0/s1. The first-order valence-electron chi connectivity index (χ1n) is 8.59. The van der Waals surface area contributed by atoms with Crippen LogP contribution in [0.3, 0.4) is 0 Å². The maximum atomic E-state index is 14.1. The number of carboxylic acids is 1. The quantitative estimate of drug-likeness (QED) is 0.753. The summed E-state index contributed by atoms with van der Waals surface area (Å²) in [5, 5.41) is 10.9. The molecule has 4 rings (SSSR count). The van der Waals surface area contributed by atoms with Crippen molar-refractivity contribution in [2.24, 2.45) is 5.41 Å². The molecule has 1 saturated heterocycles. The number of carboxylic acid groups (broad SMARTS) is 1. The van der Waals surface area contributed by atoms with Gasteiger partial charge in [0.05, 0.1) is 10.8 Å². The van der Waals surface area contributed by atoms with Gasteiger partial charge in [0.2, 0.25) is 0 Å². The van der Waals surface area contributed by atoms with Crippen LogP contribution in [0.15, 0.2) is 42.9 Å². The fourth-order valence-corrected chi connectivity index (χ4v) is 3.82. The van der Waals surface area contributed by atoms with Crippen LogP contribution in [0, 0.1) is 11.2 Å². The summed E-state index contributed by atoms with van der Waals surface area (Å²) >= 11 is 0. The minimum absolute atomic E-state index is 0.160. The highest BCUT2D eigenvalue weighted by molar-refractivity contribution is 5.88. The number of benzene rings is 1. The number of nitrogens with zero attached hydrogens (tertiary/aromatic N) is 3. The Balaban J connectivity index is 1.69. The first-order chi connectivity index (χ1) is 12.6. The highest BCUT2D eigenvalue weighted by Crippen LogP contribution is 2.37. The Kier molecular flexibility index (Phi) is 4.06. The molecule has 7 heteroatoms. The van der Waals surface area contributed by atoms with Crippen molar-refractivity contribution in [3.05, 3.63) is 54.2 Å². The number of hydrogen-bond acceptors (Lipinski definition) is 4. The third-order valence-corrected chi connectivity index (χ3v) is 5.15. The van der Waals surface area contributed by atoms with Gasteiger partial charge in [0, 0.05) is 19.3 Å². The number of anilines is 1. The normalized spacial score (nSPS) is 20.4. The molecule has 0 spiro atoms. The van der Waals surface area contributed by atoms with Crippen LogP contribution in [-0.4, -0.2) is 39.1 Å². The zero-order valence-electron chi connectivity index (χ0n) is 14.2. The Morgan fingerprint density at radius 2 is 2.15 bits per heavy atom. The van der Waals surface area contributed by atoms with Gasteiger partial charge in [-0.3, -0.25) is 4.79 Å². The van der Waals surface area contributed by atoms with Gasteiger partial charge in [-0.05, 0) is 37.0 Å². The van der Waals surface area contributed by atoms with E-state index in [0.29, 0.717) is 24.9 Å². The van der Waals surface area contributed by atoms with E-state index in [-0.39, 0.29) is 18.8 Å². The fourth-order valence-electron chi connectivity index (χ4n) is 3.82. The number of nitrogens with one attached hydrogen (secondary N) is 1. The molecule has 3 aromatic rings.